The van der Waals surface area contributed by atoms with Crippen LogP contribution in [-0.2, 0) is 3.76 Å². The summed E-state index contributed by atoms with van der Waals surface area (Å²) in [6, 6.07) is 10.3. The molecule has 0 unspecified atom stereocenters. The Morgan fingerprint density at radius 1 is 1.23 bits per heavy atom. The summed E-state index contributed by atoms with van der Waals surface area (Å²) in [6.07, 6.45) is 0. The minimum atomic E-state index is -2.21. The van der Waals surface area contributed by atoms with E-state index in [0.717, 1.165) is 0 Å². The molecule has 1 rings (SSSR count). The van der Waals surface area contributed by atoms with Crippen LogP contribution in [0.3, 0.4) is 0 Å². The Labute approximate surface area is 83.1 Å². The maximum absolute atomic E-state index is 5.54. The Morgan fingerprint density at radius 3 is 2.23 bits per heavy atom. The van der Waals surface area contributed by atoms with E-state index in [1.807, 2.05) is 18.2 Å². The van der Waals surface area contributed by atoms with E-state index in [4.69, 9.17) is 3.76 Å². The van der Waals surface area contributed by atoms with E-state index in [-0.39, 0.29) is 0 Å². The van der Waals surface area contributed by atoms with Crippen LogP contribution in [0.4, 0.5) is 0 Å². The third-order valence-corrected chi connectivity index (χ3v) is 8.16. The van der Waals surface area contributed by atoms with Gasteiger partial charge in [0.25, 0.3) is 0 Å². The van der Waals surface area contributed by atoms with Gasteiger partial charge in [-0.1, -0.05) is 0 Å². The quantitative estimate of drug-likeness (QED) is 0.733. The summed E-state index contributed by atoms with van der Waals surface area (Å²) in [5.74, 6) is 4.41. The second-order valence-electron chi connectivity index (χ2n) is 3.56. The fourth-order valence-electron chi connectivity index (χ4n) is 1.11. The zero-order valence-electron chi connectivity index (χ0n) is 8.50. The van der Waals surface area contributed by atoms with Crippen molar-refractivity contribution >= 4 is 18.0 Å². The van der Waals surface area contributed by atoms with Gasteiger partial charge in [-0.2, -0.15) is 0 Å². The van der Waals surface area contributed by atoms with Gasteiger partial charge in [0, 0.05) is 0 Å². The molecule has 0 radical (unpaired) electrons. The molecule has 2 heteroatoms. The topological polar surface area (TPSA) is 9.23 Å². The average molecular weight is 237 g/mol. The van der Waals surface area contributed by atoms with Crippen LogP contribution >= 0.6 is 0 Å². The molecule has 0 aliphatic carbocycles. The van der Waals surface area contributed by atoms with Crippen LogP contribution in [0.1, 0.15) is 5.56 Å². The van der Waals surface area contributed by atoms with Gasteiger partial charge < -0.3 is 0 Å². The van der Waals surface area contributed by atoms with Gasteiger partial charge in [0.1, 0.15) is 0 Å². The van der Waals surface area contributed by atoms with Gasteiger partial charge in [0.15, 0.2) is 0 Å². The monoisotopic (exact) mass is 238 g/mol. The normalized spacial score (nSPS) is 11.3. The van der Waals surface area contributed by atoms with Crippen molar-refractivity contribution in [2.45, 2.75) is 11.5 Å². The predicted molar refractivity (Wildman–Crippen MR) is 60.0 cm³/mol. The summed E-state index contributed by atoms with van der Waals surface area (Å²) >= 11 is -2.21. The molecule has 0 aromatic heterocycles. The van der Waals surface area contributed by atoms with Crippen molar-refractivity contribution < 1.29 is 3.76 Å². The van der Waals surface area contributed by atoms with Crippen LogP contribution in [-0.4, -0.2) is 20.7 Å². The average Bonchev–Trinajstić information content (AvgIpc) is 2.18. The summed E-state index contributed by atoms with van der Waals surface area (Å²) < 4.78 is 6.74. The van der Waals surface area contributed by atoms with Gasteiger partial charge in [-0.15, -0.1) is 0 Å². The molecule has 0 spiro atoms. The van der Waals surface area contributed by atoms with Crippen molar-refractivity contribution in [2.24, 2.45) is 0 Å². The third kappa shape index (κ3) is 2.45. The van der Waals surface area contributed by atoms with Crippen molar-refractivity contribution in [1.82, 2.24) is 0 Å². The van der Waals surface area contributed by atoms with E-state index in [2.05, 4.69) is 30.2 Å². The van der Waals surface area contributed by atoms with Crippen LogP contribution in [0, 0.1) is 0 Å². The van der Waals surface area contributed by atoms with Gasteiger partial charge in [0.05, 0.1) is 0 Å². The van der Waals surface area contributed by atoms with Crippen LogP contribution in [0.2, 0.25) is 11.5 Å². The standard InChI is InChI=1S/C11H16GeO/c1-10(12(2,3)13-4)11-8-6-5-7-9-11/h5-9H,1H2,2-4H3. The SMILES string of the molecule is C=[C](c1ccccc1)[Ge]([CH3])([CH3])[O]C. The molecule has 0 heterocycles. The molecule has 0 aliphatic heterocycles. The first-order valence-electron chi connectivity index (χ1n) is 4.38. The zero-order chi connectivity index (χ0) is 9.90. The van der Waals surface area contributed by atoms with Crippen molar-refractivity contribution in [3.8, 4) is 0 Å². The second kappa shape index (κ2) is 4.11. The van der Waals surface area contributed by atoms with E-state index < -0.39 is 13.6 Å². The Balaban J connectivity index is 2.93. The van der Waals surface area contributed by atoms with Gasteiger partial charge in [-0.3, -0.25) is 0 Å². The third-order valence-electron chi connectivity index (χ3n) is 2.36. The van der Waals surface area contributed by atoms with Crippen molar-refractivity contribution in [3.63, 3.8) is 0 Å². The molecule has 13 heavy (non-hydrogen) atoms. The van der Waals surface area contributed by atoms with E-state index in [0.29, 0.717) is 0 Å². The number of hydrogen-bond acceptors (Lipinski definition) is 1. The van der Waals surface area contributed by atoms with Gasteiger partial charge in [-0.25, -0.2) is 0 Å². The predicted octanol–water partition coefficient (Wildman–Crippen LogP) is 3.09. The van der Waals surface area contributed by atoms with Crippen molar-refractivity contribution in [2.75, 3.05) is 7.11 Å². The van der Waals surface area contributed by atoms with E-state index >= 15 is 0 Å². The molecule has 1 aromatic rings. The van der Waals surface area contributed by atoms with Gasteiger partial charge in [0.2, 0.25) is 0 Å². The van der Waals surface area contributed by atoms with Crippen molar-refractivity contribution in [1.29, 1.82) is 0 Å². The number of rotatable bonds is 3. The van der Waals surface area contributed by atoms with E-state index in [1.165, 1.54) is 9.97 Å². The van der Waals surface area contributed by atoms with Crippen LogP contribution in [0.25, 0.3) is 4.41 Å². The fraction of sp³-hybridized carbons (Fsp3) is 0.273. The molecule has 0 aliphatic rings. The molecule has 0 bridgehead atoms. The molecular formula is C11H16GeO. The Kier molecular flexibility index (Phi) is 3.34. The van der Waals surface area contributed by atoms with Crippen LogP contribution < -0.4 is 0 Å². The maximum atomic E-state index is 5.54. The Morgan fingerprint density at radius 2 is 1.77 bits per heavy atom. The van der Waals surface area contributed by atoms with E-state index in [9.17, 15) is 0 Å². The molecule has 1 nitrogen and oxygen atoms in total. The van der Waals surface area contributed by atoms with E-state index in [1.54, 1.807) is 7.11 Å². The second-order valence-corrected chi connectivity index (χ2v) is 12.0. The fourth-order valence-corrected chi connectivity index (χ4v) is 3.44. The summed E-state index contributed by atoms with van der Waals surface area (Å²) in [7, 11) is 1.79. The molecule has 0 saturated carbocycles. The molecule has 70 valence electrons. The molecule has 0 N–H and O–H groups in total. The van der Waals surface area contributed by atoms with Crippen LogP contribution in [0.15, 0.2) is 36.9 Å². The summed E-state index contributed by atoms with van der Waals surface area (Å²) in [5, 5.41) is 0. The molecule has 1 aromatic carbocycles. The molecule has 0 fully saturated rings. The first kappa shape index (κ1) is 10.5. The van der Waals surface area contributed by atoms with Gasteiger partial charge >= 0.3 is 82.9 Å². The number of benzene rings is 1. The molecule has 0 amide bonds. The Bertz CT molecular complexity index is 290. The summed E-state index contributed by atoms with van der Waals surface area (Å²) in [4.78, 5) is 0. The van der Waals surface area contributed by atoms with Gasteiger partial charge in [-0.05, 0) is 0 Å². The first-order valence-corrected chi connectivity index (χ1v) is 10.5. The summed E-state index contributed by atoms with van der Waals surface area (Å²) in [5.41, 5.74) is 1.22. The summed E-state index contributed by atoms with van der Waals surface area (Å²) in [6.45, 7) is 4.13. The molecule has 0 saturated heterocycles. The van der Waals surface area contributed by atoms with Crippen molar-refractivity contribution in [3.05, 3.63) is 42.5 Å². The van der Waals surface area contributed by atoms with Crippen LogP contribution in [0.5, 0.6) is 0 Å². The Hall–Kier alpha value is -0.537. The minimum absolute atomic E-state index is 1.20. The molecule has 0 atom stereocenters. The number of hydrogen-bond donors (Lipinski definition) is 0. The molecular weight excluding hydrogens is 221 g/mol. The zero-order valence-corrected chi connectivity index (χ0v) is 10.6. The first-order chi connectivity index (χ1) is 6.08.